The summed E-state index contributed by atoms with van der Waals surface area (Å²) in [5.74, 6) is 2.12. The van der Waals surface area contributed by atoms with Crippen molar-refractivity contribution >= 4 is 10.8 Å². The van der Waals surface area contributed by atoms with Gasteiger partial charge in [0, 0.05) is 24.4 Å². The minimum atomic E-state index is 0.141. The van der Waals surface area contributed by atoms with Gasteiger partial charge in [-0.05, 0) is 59.1 Å². The third kappa shape index (κ3) is 6.93. The van der Waals surface area contributed by atoms with E-state index >= 15 is 0 Å². The van der Waals surface area contributed by atoms with E-state index in [4.69, 9.17) is 18.9 Å². The number of hydrogen-bond donors (Lipinski definition) is 1. The zero-order chi connectivity index (χ0) is 26.0. The van der Waals surface area contributed by atoms with E-state index in [2.05, 4.69) is 72.0 Å². The van der Waals surface area contributed by atoms with Gasteiger partial charge in [-0.2, -0.15) is 0 Å². The van der Waals surface area contributed by atoms with Crippen molar-refractivity contribution in [3.05, 3.63) is 108 Å². The number of benzene rings is 4. The molecule has 0 bridgehead atoms. The summed E-state index contributed by atoms with van der Waals surface area (Å²) in [5.41, 5.74) is 3.58. The van der Waals surface area contributed by atoms with Crippen LogP contribution in [0.25, 0.3) is 10.8 Å². The van der Waals surface area contributed by atoms with Gasteiger partial charge in [0.1, 0.15) is 11.5 Å². The van der Waals surface area contributed by atoms with Crippen LogP contribution < -0.4 is 14.8 Å². The molecule has 198 valence electrons. The second kappa shape index (κ2) is 13.4. The Kier molecular flexibility index (Phi) is 9.27. The Morgan fingerprint density at radius 1 is 0.816 bits per heavy atom. The summed E-state index contributed by atoms with van der Waals surface area (Å²) < 4.78 is 23.6. The Bertz CT molecular complexity index is 1290. The molecule has 4 aromatic rings. The van der Waals surface area contributed by atoms with E-state index in [9.17, 15) is 0 Å². The first-order valence-electron chi connectivity index (χ1n) is 13.5. The molecule has 0 unspecified atom stereocenters. The highest BCUT2D eigenvalue weighted by Crippen LogP contribution is 2.30. The summed E-state index contributed by atoms with van der Waals surface area (Å²) in [7, 11) is 1.68. The molecule has 1 heterocycles. The maximum atomic E-state index is 6.45. The molecular formula is C33H37NO4. The molecule has 1 saturated heterocycles. The van der Waals surface area contributed by atoms with Crippen molar-refractivity contribution in [3.8, 4) is 11.5 Å². The number of fused-ring (bicyclic) bond motifs is 1. The highest BCUT2D eigenvalue weighted by Gasteiger charge is 2.27. The zero-order valence-electron chi connectivity index (χ0n) is 22.1. The Balaban J connectivity index is 1.08. The summed E-state index contributed by atoms with van der Waals surface area (Å²) in [6, 6.07) is 31.5. The summed E-state index contributed by atoms with van der Waals surface area (Å²) in [6.07, 6.45) is 2.03. The lowest BCUT2D eigenvalue weighted by Crippen LogP contribution is -2.40. The number of ether oxygens (including phenoxy) is 4. The van der Waals surface area contributed by atoms with Crippen LogP contribution >= 0.6 is 0 Å². The Morgan fingerprint density at radius 3 is 2.50 bits per heavy atom. The number of piperidine rings is 1. The van der Waals surface area contributed by atoms with Crippen LogP contribution in [0, 0.1) is 0 Å². The Morgan fingerprint density at radius 2 is 1.63 bits per heavy atom. The van der Waals surface area contributed by atoms with Gasteiger partial charge in [-0.15, -0.1) is 0 Å². The van der Waals surface area contributed by atoms with Crippen LogP contribution in [0.2, 0.25) is 0 Å². The third-order valence-electron chi connectivity index (χ3n) is 7.16. The molecule has 0 radical (unpaired) electrons. The molecule has 0 aromatic heterocycles. The largest absolute Gasteiger partial charge is 0.496 e. The summed E-state index contributed by atoms with van der Waals surface area (Å²) in [6.45, 7) is 4.30. The highest BCUT2D eigenvalue weighted by atomic mass is 16.5. The summed E-state index contributed by atoms with van der Waals surface area (Å²) in [5, 5.41) is 6.02. The second-order valence-electron chi connectivity index (χ2n) is 9.77. The SMILES string of the molecule is COc1ccccc1COCCCOc1ccc([C@H]2CCNC[C@@H]2OCc2ccc3ccccc3c2)cc1. The van der Waals surface area contributed by atoms with Gasteiger partial charge in [0.2, 0.25) is 0 Å². The van der Waals surface area contributed by atoms with E-state index in [1.165, 1.54) is 21.9 Å². The van der Waals surface area contributed by atoms with E-state index in [1.807, 2.05) is 24.3 Å². The van der Waals surface area contributed by atoms with E-state index in [1.54, 1.807) is 7.11 Å². The van der Waals surface area contributed by atoms with Gasteiger partial charge in [-0.1, -0.05) is 66.7 Å². The minimum absolute atomic E-state index is 0.141. The number of rotatable bonds is 12. The Labute approximate surface area is 225 Å². The van der Waals surface area contributed by atoms with Gasteiger partial charge in [-0.3, -0.25) is 0 Å². The maximum absolute atomic E-state index is 6.45. The van der Waals surface area contributed by atoms with Crippen molar-refractivity contribution in [2.75, 3.05) is 33.4 Å². The zero-order valence-corrected chi connectivity index (χ0v) is 22.1. The van der Waals surface area contributed by atoms with Crippen LogP contribution in [0.5, 0.6) is 11.5 Å². The quantitative estimate of drug-likeness (QED) is 0.220. The molecule has 1 aliphatic rings. The van der Waals surface area contributed by atoms with Crippen LogP contribution in [-0.4, -0.2) is 39.5 Å². The first kappa shape index (κ1) is 26.2. The normalized spacial score (nSPS) is 17.4. The van der Waals surface area contributed by atoms with Crippen molar-refractivity contribution in [1.82, 2.24) is 5.32 Å². The van der Waals surface area contributed by atoms with Crippen LogP contribution in [0.15, 0.2) is 91.0 Å². The fourth-order valence-corrected chi connectivity index (χ4v) is 5.08. The topological polar surface area (TPSA) is 49.0 Å². The molecule has 1 fully saturated rings. The van der Waals surface area contributed by atoms with Gasteiger partial charge in [-0.25, -0.2) is 0 Å². The number of hydrogen-bond acceptors (Lipinski definition) is 5. The van der Waals surface area contributed by atoms with Gasteiger partial charge >= 0.3 is 0 Å². The average molecular weight is 512 g/mol. The van der Waals surface area contributed by atoms with Crippen LogP contribution in [0.3, 0.4) is 0 Å². The van der Waals surface area contributed by atoms with Crippen molar-refractivity contribution in [3.63, 3.8) is 0 Å². The number of nitrogens with one attached hydrogen (secondary N) is 1. The van der Waals surface area contributed by atoms with E-state index in [0.717, 1.165) is 43.0 Å². The molecule has 1 aliphatic heterocycles. The van der Waals surface area contributed by atoms with E-state index < -0.39 is 0 Å². The molecule has 0 aliphatic carbocycles. The molecule has 38 heavy (non-hydrogen) atoms. The summed E-state index contributed by atoms with van der Waals surface area (Å²) in [4.78, 5) is 0. The van der Waals surface area contributed by atoms with Crippen LogP contribution in [0.4, 0.5) is 0 Å². The van der Waals surface area contributed by atoms with Crippen LogP contribution in [0.1, 0.15) is 35.4 Å². The Hall–Kier alpha value is -3.38. The maximum Gasteiger partial charge on any atom is 0.124 e. The molecule has 0 saturated carbocycles. The molecule has 5 rings (SSSR count). The van der Waals surface area contributed by atoms with Gasteiger partial charge in [0.15, 0.2) is 0 Å². The predicted molar refractivity (Wildman–Crippen MR) is 152 cm³/mol. The number of methoxy groups -OCH3 is 1. The molecule has 2 atom stereocenters. The van der Waals surface area contributed by atoms with Gasteiger partial charge < -0.3 is 24.3 Å². The first-order valence-corrected chi connectivity index (χ1v) is 13.5. The lowest BCUT2D eigenvalue weighted by atomic mass is 9.87. The van der Waals surface area contributed by atoms with Crippen LogP contribution in [-0.2, 0) is 22.7 Å². The predicted octanol–water partition coefficient (Wildman–Crippen LogP) is 6.50. The van der Waals surface area contributed by atoms with Gasteiger partial charge in [0.25, 0.3) is 0 Å². The van der Waals surface area contributed by atoms with Crippen molar-refractivity contribution < 1.29 is 18.9 Å². The fraction of sp³-hybridized carbons (Fsp3) is 0.333. The second-order valence-corrected chi connectivity index (χ2v) is 9.77. The fourth-order valence-electron chi connectivity index (χ4n) is 5.08. The lowest BCUT2D eigenvalue weighted by molar-refractivity contribution is 0.0106. The molecule has 0 spiro atoms. The molecule has 5 heteroatoms. The average Bonchev–Trinajstić information content (AvgIpc) is 2.98. The number of para-hydroxylation sites is 1. The molecular weight excluding hydrogens is 474 g/mol. The van der Waals surface area contributed by atoms with Crippen molar-refractivity contribution in [2.45, 2.75) is 38.1 Å². The van der Waals surface area contributed by atoms with Gasteiger partial charge in [0.05, 0.1) is 39.6 Å². The molecule has 4 aromatic carbocycles. The third-order valence-corrected chi connectivity index (χ3v) is 7.16. The van der Waals surface area contributed by atoms with E-state index in [-0.39, 0.29) is 6.10 Å². The van der Waals surface area contributed by atoms with Crippen molar-refractivity contribution in [1.29, 1.82) is 0 Å². The molecule has 1 N–H and O–H groups in total. The summed E-state index contributed by atoms with van der Waals surface area (Å²) >= 11 is 0. The minimum Gasteiger partial charge on any atom is -0.496 e. The van der Waals surface area contributed by atoms with Crippen molar-refractivity contribution in [2.24, 2.45) is 0 Å². The molecule has 0 amide bonds. The molecule has 5 nitrogen and oxygen atoms in total. The van der Waals surface area contributed by atoms with E-state index in [0.29, 0.717) is 32.3 Å². The standard InChI is InChI=1S/C33H37NO4/c1-35-32-10-5-4-9-29(32)24-36-19-6-20-37-30-15-13-27(14-16-30)31-17-18-34-22-33(31)38-23-25-11-12-26-7-2-3-8-28(26)21-25/h2-5,7-16,21,31,33-34H,6,17-20,22-24H2,1H3/t31-,33+/m1/s1. The lowest BCUT2D eigenvalue weighted by Gasteiger charge is -2.32. The highest BCUT2D eigenvalue weighted by molar-refractivity contribution is 5.82. The smallest absolute Gasteiger partial charge is 0.124 e. The first-order chi connectivity index (χ1) is 18.8. The monoisotopic (exact) mass is 511 g/mol.